The molecule has 0 aliphatic rings. The number of carbonyl (C=O) groups is 2. The SMILES string of the molecule is CCC(C(C(=O)O)=C(C(=O)O)C(CC)[Si](O[Si](C)(C)C)(O[Si](C)(C)C)O[Si](C)(C)C)[Si](O[Si](C)(C)C)(O[Si](C)(C)C)O[Si](C)(C)C. The number of carboxylic acid groups (broad SMARTS) is 2. The molecule has 0 aliphatic heterocycles. The lowest BCUT2D eigenvalue weighted by Crippen LogP contribution is -2.65. The van der Waals surface area contributed by atoms with E-state index in [4.69, 9.17) is 24.7 Å². The molecule has 0 rings (SSSR count). The van der Waals surface area contributed by atoms with Gasteiger partial charge in [-0.3, -0.25) is 0 Å². The highest BCUT2D eigenvalue weighted by Gasteiger charge is 2.62. The van der Waals surface area contributed by atoms with Crippen LogP contribution in [-0.4, -0.2) is 89.7 Å². The summed E-state index contributed by atoms with van der Waals surface area (Å²) in [5.74, 6) is -2.65. The van der Waals surface area contributed by atoms with Gasteiger partial charge in [-0.05, 0) is 131 Å². The van der Waals surface area contributed by atoms with Crippen LogP contribution in [0.1, 0.15) is 26.7 Å². The van der Waals surface area contributed by atoms with Gasteiger partial charge in [0, 0.05) is 0 Å². The standard InChI is InChI=1S/C28H68O10Si8/c1-21-23(45(33-39(3,4)5,34-40(6,7)8)35-41(9,10)11)25(27(29)30)26(28(31)32)24(22-2)46(36-42(12,13)14,37-43(15,16)17)38-44(18,19)20/h23-24H,21-22H2,1-20H3,(H,29,30)(H,31,32). The van der Waals surface area contributed by atoms with Crippen LogP contribution in [0.5, 0.6) is 0 Å². The molecular formula is C28H68O10Si8. The maximum Gasteiger partial charge on any atom is 0.477 e. The Labute approximate surface area is 289 Å². The van der Waals surface area contributed by atoms with Crippen molar-refractivity contribution >= 4 is 79.5 Å². The summed E-state index contributed by atoms with van der Waals surface area (Å²) >= 11 is 0. The lowest BCUT2D eigenvalue weighted by molar-refractivity contribution is -0.136. The fourth-order valence-corrected chi connectivity index (χ4v) is 34.7. The second-order valence-electron chi connectivity index (χ2n) is 17.9. The van der Waals surface area contributed by atoms with E-state index in [1.807, 2.05) is 132 Å². The van der Waals surface area contributed by atoms with Crippen molar-refractivity contribution in [2.45, 2.75) is 156 Å². The lowest BCUT2D eigenvalue weighted by Gasteiger charge is -2.48. The predicted octanol–water partition coefficient (Wildman–Crippen LogP) is 9.00. The zero-order valence-corrected chi connectivity index (χ0v) is 40.7. The average Bonchev–Trinajstić information content (AvgIpc) is 2.67. The summed E-state index contributed by atoms with van der Waals surface area (Å²) in [7, 11) is -22.5. The lowest BCUT2D eigenvalue weighted by atomic mass is 9.98. The second-order valence-corrected chi connectivity index (χ2v) is 51.9. The van der Waals surface area contributed by atoms with Gasteiger partial charge < -0.3 is 34.9 Å². The topological polar surface area (TPSA) is 130 Å². The Kier molecular flexibility index (Phi) is 16.1. The first-order valence-corrected chi connectivity index (χ1v) is 40.5. The molecule has 0 fully saturated rings. The van der Waals surface area contributed by atoms with Gasteiger partial charge >= 0.3 is 29.5 Å². The quantitative estimate of drug-likeness (QED) is 0.0911. The molecule has 2 unspecified atom stereocenters. The minimum absolute atomic E-state index is 0.238. The first kappa shape index (κ1) is 46.2. The normalized spacial score (nSPS) is 16.6. The van der Waals surface area contributed by atoms with E-state index in [1.54, 1.807) is 0 Å². The summed E-state index contributed by atoms with van der Waals surface area (Å²) in [5.41, 5.74) is -2.35. The molecule has 10 nitrogen and oxygen atoms in total. The van der Waals surface area contributed by atoms with Crippen LogP contribution in [0.15, 0.2) is 11.1 Å². The van der Waals surface area contributed by atoms with Gasteiger partial charge in [-0.15, -0.1) is 0 Å². The number of aliphatic carboxylic acids is 2. The Balaban J connectivity index is 8.64. The van der Waals surface area contributed by atoms with Crippen LogP contribution in [0.3, 0.4) is 0 Å². The van der Waals surface area contributed by atoms with Gasteiger partial charge in [0.15, 0.2) is 49.9 Å². The summed E-state index contributed by atoms with van der Waals surface area (Å²) in [6.07, 6.45) is 0.515. The molecule has 2 atom stereocenters. The molecule has 18 heteroatoms. The van der Waals surface area contributed by atoms with Crippen LogP contribution < -0.4 is 0 Å². The highest BCUT2D eigenvalue weighted by Crippen LogP contribution is 2.48. The summed E-state index contributed by atoms with van der Waals surface area (Å²) in [6, 6.07) is 0. The zero-order chi connectivity index (χ0) is 37.1. The van der Waals surface area contributed by atoms with E-state index in [-0.39, 0.29) is 24.0 Å². The summed E-state index contributed by atoms with van der Waals surface area (Å²) in [6.45, 7) is 40.3. The third-order valence-electron chi connectivity index (χ3n) is 5.81. The van der Waals surface area contributed by atoms with Crippen LogP contribution in [-0.2, 0) is 34.3 Å². The van der Waals surface area contributed by atoms with Gasteiger partial charge in [0.1, 0.15) is 0 Å². The molecule has 272 valence electrons. The fraction of sp³-hybridized carbons (Fsp3) is 0.857. The Morgan fingerprint density at radius 1 is 0.413 bits per heavy atom. The summed E-state index contributed by atoms with van der Waals surface area (Å²) in [5, 5.41) is 22.3. The molecule has 0 aromatic heterocycles. The first-order valence-electron chi connectivity index (χ1n) is 16.4. The van der Waals surface area contributed by atoms with Crippen LogP contribution >= 0.6 is 0 Å². The molecule has 0 heterocycles. The molecular weight excluding hydrogens is 721 g/mol. The Bertz CT molecular complexity index is 909. The average molecular weight is 790 g/mol. The number of rotatable bonds is 20. The van der Waals surface area contributed by atoms with Crippen molar-refractivity contribution in [2.24, 2.45) is 0 Å². The van der Waals surface area contributed by atoms with E-state index in [9.17, 15) is 19.8 Å². The third-order valence-corrected chi connectivity index (χ3v) is 30.4. The third kappa shape index (κ3) is 15.8. The van der Waals surface area contributed by atoms with Gasteiger partial charge in [0.2, 0.25) is 0 Å². The molecule has 0 bridgehead atoms. The van der Waals surface area contributed by atoms with Gasteiger partial charge in [0.25, 0.3) is 0 Å². The monoisotopic (exact) mass is 788 g/mol. The van der Waals surface area contributed by atoms with Crippen molar-refractivity contribution in [3.63, 3.8) is 0 Å². The molecule has 0 saturated heterocycles. The highest BCUT2D eigenvalue weighted by molar-refractivity contribution is 6.92. The van der Waals surface area contributed by atoms with Crippen molar-refractivity contribution in [1.29, 1.82) is 0 Å². The predicted molar refractivity (Wildman–Crippen MR) is 208 cm³/mol. The molecule has 0 aliphatic carbocycles. The van der Waals surface area contributed by atoms with Gasteiger partial charge in [-0.1, -0.05) is 13.8 Å². The maximum atomic E-state index is 13.7. The van der Waals surface area contributed by atoms with E-state index < -0.39 is 90.5 Å². The van der Waals surface area contributed by atoms with Crippen LogP contribution in [0.25, 0.3) is 0 Å². The van der Waals surface area contributed by atoms with Crippen molar-refractivity contribution in [1.82, 2.24) is 0 Å². The highest BCUT2D eigenvalue weighted by atomic mass is 28.5. The summed E-state index contributed by atoms with van der Waals surface area (Å²) < 4.78 is 41.9. The number of hydrogen-bond acceptors (Lipinski definition) is 8. The Morgan fingerprint density at radius 2 is 0.565 bits per heavy atom. The van der Waals surface area contributed by atoms with Gasteiger partial charge in [0.05, 0.1) is 22.2 Å². The number of hydrogen-bond donors (Lipinski definition) is 2. The van der Waals surface area contributed by atoms with E-state index >= 15 is 0 Å². The Morgan fingerprint density at radius 3 is 0.652 bits per heavy atom. The maximum absolute atomic E-state index is 13.7. The first-order chi connectivity index (χ1) is 20.0. The van der Waals surface area contributed by atoms with Gasteiger partial charge in [-0.25, -0.2) is 9.59 Å². The van der Waals surface area contributed by atoms with Crippen LogP contribution in [0.2, 0.25) is 129 Å². The van der Waals surface area contributed by atoms with Crippen molar-refractivity contribution in [3.8, 4) is 0 Å². The molecule has 0 saturated carbocycles. The van der Waals surface area contributed by atoms with Crippen LogP contribution in [0.4, 0.5) is 0 Å². The van der Waals surface area contributed by atoms with Crippen molar-refractivity contribution in [3.05, 3.63) is 11.1 Å². The van der Waals surface area contributed by atoms with E-state index in [0.717, 1.165) is 0 Å². The Hall–Kier alpha value is 0.175. The second kappa shape index (κ2) is 16.0. The van der Waals surface area contributed by atoms with Crippen LogP contribution in [0, 0.1) is 0 Å². The van der Waals surface area contributed by atoms with Crippen molar-refractivity contribution < 1.29 is 44.5 Å². The molecule has 0 radical (unpaired) electrons. The molecule has 46 heavy (non-hydrogen) atoms. The van der Waals surface area contributed by atoms with Crippen molar-refractivity contribution in [2.75, 3.05) is 0 Å². The molecule has 0 amide bonds. The fourth-order valence-electron chi connectivity index (χ4n) is 5.28. The number of carboxylic acids is 2. The molecule has 2 N–H and O–H groups in total. The van der Waals surface area contributed by atoms with E-state index in [0.29, 0.717) is 0 Å². The van der Waals surface area contributed by atoms with E-state index in [2.05, 4.69) is 0 Å². The van der Waals surface area contributed by atoms with Gasteiger partial charge in [-0.2, -0.15) is 0 Å². The molecule has 0 aromatic rings. The zero-order valence-electron chi connectivity index (χ0n) is 32.7. The molecule has 0 aromatic carbocycles. The minimum Gasteiger partial charge on any atom is -0.478 e. The van der Waals surface area contributed by atoms with E-state index in [1.165, 1.54) is 0 Å². The summed E-state index contributed by atoms with van der Waals surface area (Å²) in [4.78, 5) is 27.4. The minimum atomic E-state index is -3.92. The largest absolute Gasteiger partial charge is 0.478 e. The smallest absolute Gasteiger partial charge is 0.477 e. The molecule has 0 spiro atoms.